The molecular weight excluding hydrogens is 296 g/mol. The molecule has 0 fully saturated rings. The van der Waals surface area contributed by atoms with Crippen molar-refractivity contribution in [2.24, 2.45) is 0 Å². The number of thiazole rings is 1. The Hall–Kier alpha value is -0.840. The minimum absolute atomic E-state index is 0.107. The summed E-state index contributed by atoms with van der Waals surface area (Å²) in [7, 11) is 0. The highest BCUT2D eigenvalue weighted by Crippen LogP contribution is 2.32. The van der Waals surface area contributed by atoms with Crippen LogP contribution in [0.5, 0.6) is 0 Å². The Bertz CT molecular complexity index is 556. The number of hydrogen-bond donors (Lipinski definition) is 1. The number of hydrogen-bond acceptors (Lipinski definition) is 4. The van der Waals surface area contributed by atoms with E-state index >= 15 is 0 Å². The van der Waals surface area contributed by atoms with Gasteiger partial charge in [-0.1, -0.05) is 37.3 Å². The molecule has 2 rings (SSSR count). The SMILES string of the molecule is CCSCc1nc(CNC(C)(C)C)c(-c2ccccc2)s1. The normalized spacial score (nSPS) is 11.8. The third-order valence-electron chi connectivity index (χ3n) is 2.99. The highest BCUT2D eigenvalue weighted by atomic mass is 32.2. The quantitative estimate of drug-likeness (QED) is 0.815. The second-order valence-corrected chi connectivity index (χ2v) is 8.35. The van der Waals surface area contributed by atoms with E-state index in [4.69, 9.17) is 4.98 Å². The van der Waals surface area contributed by atoms with Gasteiger partial charge in [0.1, 0.15) is 5.01 Å². The minimum atomic E-state index is 0.107. The molecule has 0 unspecified atom stereocenters. The molecule has 4 heteroatoms. The fraction of sp³-hybridized carbons (Fsp3) is 0.471. The Morgan fingerprint density at radius 1 is 1.19 bits per heavy atom. The van der Waals surface area contributed by atoms with E-state index in [0.717, 1.165) is 18.1 Å². The van der Waals surface area contributed by atoms with Crippen LogP contribution in [-0.4, -0.2) is 16.3 Å². The molecule has 1 aromatic carbocycles. The zero-order valence-corrected chi connectivity index (χ0v) is 14.9. The van der Waals surface area contributed by atoms with Crippen molar-refractivity contribution in [2.75, 3.05) is 5.75 Å². The third kappa shape index (κ3) is 5.13. The largest absolute Gasteiger partial charge is 0.306 e. The third-order valence-corrected chi connectivity index (χ3v) is 5.21. The molecule has 2 aromatic rings. The standard InChI is InChI=1S/C17H24N2S2/c1-5-20-12-15-19-14(11-18-17(2,3)4)16(21-15)13-9-7-6-8-10-13/h6-10,18H,5,11-12H2,1-4H3. The van der Waals surface area contributed by atoms with Crippen molar-refractivity contribution in [3.8, 4) is 10.4 Å². The van der Waals surface area contributed by atoms with Gasteiger partial charge in [-0.25, -0.2) is 4.98 Å². The first-order valence-electron chi connectivity index (χ1n) is 7.36. The molecule has 21 heavy (non-hydrogen) atoms. The van der Waals surface area contributed by atoms with Crippen LogP contribution in [-0.2, 0) is 12.3 Å². The van der Waals surface area contributed by atoms with Gasteiger partial charge in [0.15, 0.2) is 0 Å². The second kappa shape index (κ2) is 7.43. The van der Waals surface area contributed by atoms with Crippen molar-refractivity contribution in [3.63, 3.8) is 0 Å². The summed E-state index contributed by atoms with van der Waals surface area (Å²) in [5.41, 5.74) is 2.55. The molecule has 2 nitrogen and oxygen atoms in total. The second-order valence-electron chi connectivity index (χ2n) is 5.99. The first-order valence-corrected chi connectivity index (χ1v) is 9.33. The summed E-state index contributed by atoms with van der Waals surface area (Å²) in [6.07, 6.45) is 0. The smallest absolute Gasteiger partial charge is 0.103 e. The van der Waals surface area contributed by atoms with Gasteiger partial charge in [0.25, 0.3) is 0 Å². The average Bonchev–Trinajstić information content (AvgIpc) is 2.86. The zero-order valence-electron chi connectivity index (χ0n) is 13.3. The topological polar surface area (TPSA) is 24.9 Å². The molecule has 0 bridgehead atoms. The summed E-state index contributed by atoms with van der Waals surface area (Å²) >= 11 is 3.76. The van der Waals surface area contributed by atoms with Gasteiger partial charge in [-0.15, -0.1) is 11.3 Å². The van der Waals surface area contributed by atoms with Gasteiger partial charge in [-0.05, 0) is 32.1 Å². The van der Waals surface area contributed by atoms with E-state index in [1.165, 1.54) is 21.1 Å². The lowest BCUT2D eigenvalue weighted by Crippen LogP contribution is -2.35. The van der Waals surface area contributed by atoms with E-state index in [9.17, 15) is 0 Å². The van der Waals surface area contributed by atoms with Crippen LogP contribution in [0.4, 0.5) is 0 Å². The van der Waals surface area contributed by atoms with Gasteiger partial charge < -0.3 is 5.32 Å². The minimum Gasteiger partial charge on any atom is -0.306 e. The number of nitrogens with zero attached hydrogens (tertiary/aromatic N) is 1. The summed E-state index contributed by atoms with van der Waals surface area (Å²) in [6, 6.07) is 10.6. The molecule has 0 spiro atoms. The summed E-state index contributed by atoms with van der Waals surface area (Å²) in [5.74, 6) is 2.15. The van der Waals surface area contributed by atoms with Gasteiger partial charge in [0, 0.05) is 17.8 Å². The Kier molecular flexibility index (Phi) is 5.85. The average molecular weight is 321 g/mol. The summed E-state index contributed by atoms with van der Waals surface area (Å²) in [6.45, 7) is 9.58. The number of rotatable bonds is 6. The lowest BCUT2D eigenvalue weighted by atomic mass is 10.1. The van der Waals surface area contributed by atoms with Crippen LogP contribution in [0.15, 0.2) is 30.3 Å². The Morgan fingerprint density at radius 3 is 2.52 bits per heavy atom. The lowest BCUT2D eigenvalue weighted by molar-refractivity contribution is 0.422. The van der Waals surface area contributed by atoms with E-state index in [0.29, 0.717) is 0 Å². The summed E-state index contributed by atoms with van der Waals surface area (Å²) < 4.78 is 0. The van der Waals surface area contributed by atoms with Crippen LogP contribution >= 0.6 is 23.1 Å². The Balaban J connectivity index is 2.25. The molecule has 1 N–H and O–H groups in total. The predicted molar refractivity (Wildman–Crippen MR) is 96.0 cm³/mol. The summed E-state index contributed by atoms with van der Waals surface area (Å²) in [5, 5.41) is 4.78. The molecule has 0 aliphatic heterocycles. The van der Waals surface area contributed by atoms with Crippen LogP contribution in [0.3, 0.4) is 0 Å². The predicted octanol–water partition coefficient (Wildman–Crippen LogP) is 4.95. The van der Waals surface area contributed by atoms with Crippen LogP contribution in [0, 0.1) is 0 Å². The van der Waals surface area contributed by atoms with Gasteiger partial charge in [-0.3, -0.25) is 0 Å². The zero-order chi connectivity index (χ0) is 15.3. The molecule has 1 aromatic heterocycles. The Labute approximate surface area is 136 Å². The number of aromatic nitrogens is 1. The van der Waals surface area contributed by atoms with Crippen molar-refractivity contribution < 1.29 is 0 Å². The molecule has 1 heterocycles. The van der Waals surface area contributed by atoms with Crippen molar-refractivity contribution in [2.45, 2.75) is 45.5 Å². The van der Waals surface area contributed by atoms with Crippen LogP contribution in [0.1, 0.15) is 38.4 Å². The van der Waals surface area contributed by atoms with Crippen LogP contribution < -0.4 is 5.32 Å². The first-order chi connectivity index (χ1) is 9.99. The maximum atomic E-state index is 4.86. The van der Waals surface area contributed by atoms with Gasteiger partial charge in [0.05, 0.1) is 10.6 Å². The van der Waals surface area contributed by atoms with Crippen molar-refractivity contribution in [1.82, 2.24) is 10.3 Å². The number of nitrogens with one attached hydrogen (secondary N) is 1. The first kappa shape index (κ1) is 16.5. The van der Waals surface area contributed by atoms with Crippen LogP contribution in [0.2, 0.25) is 0 Å². The fourth-order valence-corrected chi connectivity index (χ4v) is 3.75. The number of benzene rings is 1. The van der Waals surface area contributed by atoms with Crippen molar-refractivity contribution in [1.29, 1.82) is 0 Å². The Morgan fingerprint density at radius 2 is 1.90 bits per heavy atom. The molecule has 0 atom stereocenters. The molecule has 0 radical (unpaired) electrons. The molecule has 114 valence electrons. The summed E-state index contributed by atoms with van der Waals surface area (Å²) in [4.78, 5) is 6.17. The van der Waals surface area contributed by atoms with Gasteiger partial charge in [-0.2, -0.15) is 11.8 Å². The van der Waals surface area contributed by atoms with Crippen LogP contribution in [0.25, 0.3) is 10.4 Å². The molecule has 0 aliphatic rings. The van der Waals surface area contributed by atoms with E-state index in [1.54, 1.807) is 0 Å². The fourth-order valence-electron chi connectivity index (χ4n) is 1.94. The molecular formula is C17H24N2S2. The van der Waals surface area contributed by atoms with E-state index in [1.807, 2.05) is 23.1 Å². The van der Waals surface area contributed by atoms with E-state index < -0.39 is 0 Å². The monoisotopic (exact) mass is 320 g/mol. The van der Waals surface area contributed by atoms with E-state index in [2.05, 4.69) is 63.3 Å². The highest BCUT2D eigenvalue weighted by molar-refractivity contribution is 7.98. The molecule has 0 saturated heterocycles. The van der Waals surface area contributed by atoms with Gasteiger partial charge in [0.2, 0.25) is 0 Å². The highest BCUT2D eigenvalue weighted by Gasteiger charge is 2.15. The molecule has 0 amide bonds. The maximum Gasteiger partial charge on any atom is 0.103 e. The van der Waals surface area contributed by atoms with Crippen molar-refractivity contribution in [3.05, 3.63) is 41.0 Å². The lowest BCUT2D eigenvalue weighted by Gasteiger charge is -2.20. The van der Waals surface area contributed by atoms with Gasteiger partial charge >= 0.3 is 0 Å². The van der Waals surface area contributed by atoms with Crippen molar-refractivity contribution >= 4 is 23.1 Å². The molecule has 0 saturated carbocycles. The molecule has 0 aliphatic carbocycles. The van der Waals surface area contributed by atoms with E-state index in [-0.39, 0.29) is 5.54 Å². The number of thioether (sulfide) groups is 1. The maximum absolute atomic E-state index is 4.86.